The van der Waals surface area contributed by atoms with E-state index in [1.807, 2.05) is 17.0 Å². The highest BCUT2D eigenvalue weighted by Gasteiger charge is 2.26. The number of carbonyl (C=O) groups is 2. The lowest BCUT2D eigenvalue weighted by Gasteiger charge is -2.36. The molecule has 1 aromatic heterocycles. The number of hydrogen-bond donors (Lipinski definition) is 0. The molecule has 8 nitrogen and oxygen atoms in total. The van der Waals surface area contributed by atoms with Gasteiger partial charge in [0.05, 0.1) is 17.3 Å². The average Bonchev–Trinajstić information content (AvgIpc) is 2.91. The first kappa shape index (κ1) is 26.8. The molecule has 0 atom stereocenters. The fourth-order valence-corrected chi connectivity index (χ4v) is 4.55. The fourth-order valence-electron chi connectivity index (χ4n) is 4.04. The van der Waals surface area contributed by atoms with E-state index in [1.54, 1.807) is 23.1 Å². The largest absolute Gasteiger partial charge is 0.383 e. The third-order valence-electron chi connectivity index (χ3n) is 6.06. The summed E-state index contributed by atoms with van der Waals surface area (Å²) in [5.74, 6) is -0.407. The number of aromatic nitrogens is 2. The van der Waals surface area contributed by atoms with Crippen molar-refractivity contribution in [3.8, 4) is 11.3 Å². The molecule has 0 N–H and O–H groups in total. The van der Waals surface area contributed by atoms with Crippen molar-refractivity contribution in [2.45, 2.75) is 0 Å². The molecule has 11 heteroatoms. The number of ether oxygens (including phenoxy) is 1. The van der Waals surface area contributed by atoms with Crippen molar-refractivity contribution in [1.29, 1.82) is 0 Å². The first-order valence-electron chi connectivity index (χ1n) is 11.7. The number of amides is 2. The maximum absolute atomic E-state index is 13.6. The molecular weight excluding hydrogens is 520 g/mol. The standard InChI is InChI=1S/C26H26Cl2FN5O3/c1-37-14-13-34(26(36)18-3-2-4-20(29)15-18)17-25(35)33-11-9-32(10-12-33)24-8-7-23(30-31-24)21-6-5-19(27)16-22(21)28/h2-8,15-16H,9-14,17H2,1H3. The molecule has 2 heterocycles. The Kier molecular flexibility index (Phi) is 8.91. The Balaban J connectivity index is 1.35. The molecule has 0 spiro atoms. The molecule has 194 valence electrons. The van der Waals surface area contributed by atoms with Gasteiger partial charge in [-0.25, -0.2) is 4.39 Å². The first-order chi connectivity index (χ1) is 17.9. The summed E-state index contributed by atoms with van der Waals surface area (Å²) in [6.45, 7) is 2.44. The molecule has 37 heavy (non-hydrogen) atoms. The Morgan fingerprint density at radius 3 is 2.46 bits per heavy atom. The van der Waals surface area contributed by atoms with Crippen molar-refractivity contribution in [2.75, 3.05) is 57.9 Å². The maximum atomic E-state index is 13.6. The van der Waals surface area contributed by atoms with Crippen LogP contribution >= 0.6 is 23.2 Å². The molecule has 1 aliphatic heterocycles. The third-order valence-corrected chi connectivity index (χ3v) is 6.61. The second-order valence-electron chi connectivity index (χ2n) is 8.50. The van der Waals surface area contributed by atoms with Crippen LogP contribution in [0.4, 0.5) is 10.2 Å². The molecule has 1 aliphatic rings. The number of rotatable bonds is 8. The molecular formula is C26H26Cl2FN5O3. The van der Waals surface area contributed by atoms with Crippen LogP contribution in [0, 0.1) is 5.82 Å². The number of methoxy groups -OCH3 is 1. The van der Waals surface area contributed by atoms with Crippen molar-refractivity contribution in [1.82, 2.24) is 20.0 Å². The average molecular weight is 546 g/mol. The zero-order valence-corrected chi connectivity index (χ0v) is 21.8. The molecule has 2 amide bonds. The molecule has 0 radical (unpaired) electrons. The SMILES string of the molecule is COCCN(CC(=O)N1CCN(c2ccc(-c3ccc(Cl)cc3Cl)nn2)CC1)C(=O)c1cccc(F)c1. The van der Waals surface area contributed by atoms with Crippen LogP contribution in [0.1, 0.15) is 10.4 Å². The van der Waals surface area contributed by atoms with Gasteiger partial charge in [0.15, 0.2) is 5.82 Å². The van der Waals surface area contributed by atoms with E-state index in [0.29, 0.717) is 47.7 Å². The van der Waals surface area contributed by atoms with Crippen LogP contribution in [-0.4, -0.2) is 84.8 Å². The van der Waals surface area contributed by atoms with E-state index in [2.05, 4.69) is 10.2 Å². The third kappa shape index (κ3) is 6.74. The molecule has 2 aromatic carbocycles. The van der Waals surface area contributed by atoms with Crippen LogP contribution in [0.2, 0.25) is 10.0 Å². The monoisotopic (exact) mass is 545 g/mol. The molecule has 0 saturated carbocycles. The van der Waals surface area contributed by atoms with Gasteiger partial charge in [-0.15, -0.1) is 10.2 Å². The van der Waals surface area contributed by atoms with Crippen LogP contribution in [0.25, 0.3) is 11.3 Å². The number of halogens is 3. The van der Waals surface area contributed by atoms with Gasteiger partial charge in [0.2, 0.25) is 5.91 Å². The number of carbonyl (C=O) groups excluding carboxylic acids is 2. The maximum Gasteiger partial charge on any atom is 0.254 e. The summed E-state index contributed by atoms with van der Waals surface area (Å²) in [5.41, 5.74) is 1.57. The molecule has 0 aliphatic carbocycles. The lowest BCUT2D eigenvalue weighted by atomic mass is 10.1. The predicted molar refractivity (Wildman–Crippen MR) is 140 cm³/mol. The second-order valence-corrected chi connectivity index (χ2v) is 9.34. The van der Waals surface area contributed by atoms with E-state index in [-0.39, 0.29) is 31.2 Å². The van der Waals surface area contributed by atoms with Gasteiger partial charge in [-0.05, 0) is 48.5 Å². The van der Waals surface area contributed by atoms with Crippen LogP contribution in [0.5, 0.6) is 0 Å². The van der Waals surface area contributed by atoms with Crippen molar-refractivity contribution in [3.63, 3.8) is 0 Å². The molecule has 0 unspecified atom stereocenters. The Morgan fingerprint density at radius 2 is 1.81 bits per heavy atom. The summed E-state index contributed by atoms with van der Waals surface area (Å²) in [7, 11) is 1.52. The van der Waals surface area contributed by atoms with E-state index in [1.165, 1.54) is 36.3 Å². The topological polar surface area (TPSA) is 78.9 Å². The minimum Gasteiger partial charge on any atom is -0.383 e. The summed E-state index contributed by atoms with van der Waals surface area (Å²) < 4.78 is 18.7. The normalized spacial score (nSPS) is 13.5. The van der Waals surface area contributed by atoms with Crippen molar-refractivity contribution >= 4 is 40.8 Å². The van der Waals surface area contributed by atoms with Crippen LogP contribution in [0.15, 0.2) is 54.6 Å². The smallest absolute Gasteiger partial charge is 0.254 e. The quantitative estimate of drug-likeness (QED) is 0.425. The number of anilines is 1. The Morgan fingerprint density at radius 1 is 1.03 bits per heavy atom. The van der Waals surface area contributed by atoms with Crippen molar-refractivity contribution in [2.24, 2.45) is 0 Å². The molecule has 1 saturated heterocycles. The van der Waals surface area contributed by atoms with Gasteiger partial charge in [-0.3, -0.25) is 9.59 Å². The van der Waals surface area contributed by atoms with Crippen LogP contribution in [-0.2, 0) is 9.53 Å². The Labute approximate surface area is 224 Å². The van der Waals surface area contributed by atoms with Gasteiger partial charge in [0.25, 0.3) is 5.91 Å². The number of hydrogen-bond acceptors (Lipinski definition) is 6. The van der Waals surface area contributed by atoms with Gasteiger partial charge in [-0.2, -0.15) is 0 Å². The minimum absolute atomic E-state index is 0.116. The molecule has 3 aromatic rings. The van der Waals surface area contributed by atoms with Crippen LogP contribution < -0.4 is 4.90 Å². The fraction of sp³-hybridized carbons (Fsp3) is 0.308. The van der Waals surface area contributed by atoms with E-state index in [4.69, 9.17) is 27.9 Å². The summed E-state index contributed by atoms with van der Waals surface area (Å²) in [5, 5.41) is 9.69. The Hall–Kier alpha value is -3.27. The number of benzene rings is 2. The second kappa shape index (κ2) is 12.3. The zero-order valence-electron chi connectivity index (χ0n) is 20.2. The highest BCUT2D eigenvalue weighted by atomic mass is 35.5. The van der Waals surface area contributed by atoms with Crippen molar-refractivity contribution < 1.29 is 18.7 Å². The predicted octanol–water partition coefficient (Wildman–Crippen LogP) is 4.03. The molecule has 1 fully saturated rings. The summed E-state index contributed by atoms with van der Waals surface area (Å²) in [6, 6.07) is 14.4. The lowest BCUT2D eigenvalue weighted by Crippen LogP contribution is -2.52. The minimum atomic E-state index is -0.507. The molecule has 4 rings (SSSR count). The summed E-state index contributed by atoms with van der Waals surface area (Å²) >= 11 is 12.2. The van der Waals surface area contributed by atoms with Gasteiger partial charge in [0.1, 0.15) is 12.4 Å². The first-order valence-corrected chi connectivity index (χ1v) is 12.5. The Bertz CT molecular complexity index is 1250. The number of piperazine rings is 1. The summed E-state index contributed by atoms with van der Waals surface area (Å²) in [6.07, 6.45) is 0. The molecule has 0 bridgehead atoms. The van der Waals surface area contributed by atoms with E-state index >= 15 is 0 Å². The van der Waals surface area contributed by atoms with Gasteiger partial charge in [0, 0.05) is 56.0 Å². The van der Waals surface area contributed by atoms with Crippen molar-refractivity contribution in [3.05, 3.63) is 76.0 Å². The number of nitrogens with zero attached hydrogens (tertiary/aromatic N) is 5. The highest BCUT2D eigenvalue weighted by molar-refractivity contribution is 6.36. The van der Waals surface area contributed by atoms with E-state index in [9.17, 15) is 14.0 Å². The van der Waals surface area contributed by atoms with Gasteiger partial charge in [-0.1, -0.05) is 29.3 Å². The zero-order chi connectivity index (χ0) is 26.4. The highest BCUT2D eigenvalue weighted by Crippen LogP contribution is 2.29. The van der Waals surface area contributed by atoms with E-state index < -0.39 is 11.7 Å². The van der Waals surface area contributed by atoms with Crippen LogP contribution in [0.3, 0.4) is 0 Å². The van der Waals surface area contributed by atoms with Gasteiger partial charge >= 0.3 is 0 Å². The lowest BCUT2D eigenvalue weighted by molar-refractivity contribution is -0.132. The van der Waals surface area contributed by atoms with Gasteiger partial charge < -0.3 is 19.4 Å². The summed E-state index contributed by atoms with van der Waals surface area (Å²) in [4.78, 5) is 31.1. The van der Waals surface area contributed by atoms with E-state index in [0.717, 1.165) is 5.56 Å².